The van der Waals surface area contributed by atoms with E-state index >= 15 is 0 Å². The van der Waals surface area contributed by atoms with Crippen molar-refractivity contribution < 1.29 is 14.3 Å². The van der Waals surface area contributed by atoms with Gasteiger partial charge in [0.15, 0.2) is 5.65 Å². The molecule has 1 aliphatic heterocycles. The zero-order chi connectivity index (χ0) is 22.7. The first-order valence-electron chi connectivity index (χ1n) is 10.4. The molecule has 168 valence electrons. The second-order valence-electron chi connectivity index (χ2n) is 7.61. The lowest BCUT2D eigenvalue weighted by Gasteiger charge is -2.33. The Kier molecular flexibility index (Phi) is 6.95. The number of hydrogen-bond donors (Lipinski definition) is 1. The molecule has 3 heterocycles. The minimum atomic E-state index is -0.365. The Labute approximate surface area is 199 Å². The highest BCUT2D eigenvalue weighted by molar-refractivity contribution is 9.10. The van der Waals surface area contributed by atoms with Crippen LogP contribution in [0.5, 0.6) is 0 Å². The Morgan fingerprint density at radius 1 is 1.25 bits per heavy atom. The van der Waals surface area contributed by atoms with E-state index in [-0.39, 0.29) is 30.8 Å². The third-order valence-corrected chi connectivity index (χ3v) is 6.44. The van der Waals surface area contributed by atoms with Gasteiger partial charge in [0.2, 0.25) is 5.91 Å². The number of anilines is 1. The second-order valence-corrected chi connectivity index (χ2v) is 8.87. The molecule has 3 aromatic rings. The van der Waals surface area contributed by atoms with Gasteiger partial charge in [-0.25, -0.2) is 4.98 Å². The van der Waals surface area contributed by atoms with Crippen LogP contribution in [0.25, 0.3) is 16.9 Å². The van der Waals surface area contributed by atoms with E-state index in [1.165, 1.54) is 7.11 Å². The average Bonchev–Trinajstić information content (AvgIpc) is 3.19. The third kappa shape index (κ3) is 4.88. The van der Waals surface area contributed by atoms with Crippen LogP contribution < -0.4 is 5.32 Å². The van der Waals surface area contributed by atoms with Crippen LogP contribution in [0.4, 0.5) is 5.82 Å². The van der Waals surface area contributed by atoms with E-state index in [9.17, 15) is 9.59 Å². The maximum atomic E-state index is 12.4. The monoisotopic (exact) mass is 519 g/mol. The summed E-state index contributed by atoms with van der Waals surface area (Å²) in [5.74, 6) is 0.430. The molecule has 1 fully saturated rings. The van der Waals surface area contributed by atoms with Crippen LogP contribution in [-0.2, 0) is 14.3 Å². The lowest BCUT2D eigenvalue weighted by Crippen LogP contribution is -2.42. The molecule has 8 nitrogen and oxygen atoms in total. The van der Waals surface area contributed by atoms with Crippen molar-refractivity contribution in [1.29, 1.82) is 0 Å². The highest BCUT2D eigenvalue weighted by Crippen LogP contribution is 2.31. The first kappa shape index (κ1) is 22.5. The van der Waals surface area contributed by atoms with Gasteiger partial charge >= 0.3 is 5.97 Å². The number of methoxy groups -OCH3 is 1. The van der Waals surface area contributed by atoms with E-state index in [1.807, 2.05) is 35.2 Å². The van der Waals surface area contributed by atoms with E-state index in [4.69, 9.17) is 16.6 Å². The molecular formula is C22H23BrClN5O3. The van der Waals surface area contributed by atoms with Gasteiger partial charge in [-0.15, -0.1) is 0 Å². The summed E-state index contributed by atoms with van der Waals surface area (Å²) >= 11 is 9.93. The Morgan fingerprint density at radius 2 is 2.00 bits per heavy atom. The molecule has 4 rings (SSSR count). The molecule has 0 saturated carbocycles. The number of benzene rings is 1. The second kappa shape index (κ2) is 9.87. The minimum absolute atomic E-state index is 0.0165. The van der Waals surface area contributed by atoms with Crippen LogP contribution >= 0.6 is 27.5 Å². The number of fused-ring (bicyclic) bond motifs is 1. The molecule has 0 unspecified atom stereocenters. The molecule has 32 heavy (non-hydrogen) atoms. The van der Waals surface area contributed by atoms with Gasteiger partial charge in [-0.05, 0) is 34.8 Å². The molecule has 1 amide bonds. The molecule has 0 bridgehead atoms. The predicted octanol–water partition coefficient (Wildman–Crippen LogP) is 4.17. The number of esters is 1. The van der Waals surface area contributed by atoms with Crippen molar-refractivity contribution in [3.63, 3.8) is 0 Å². The Bertz CT molecular complexity index is 1140. The molecule has 0 radical (unpaired) electrons. The largest absolute Gasteiger partial charge is 0.469 e. The van der Waals surface area contributed by atoms with Crippen molar-refractivity contribution in [2.24, 2.45) is 0 Å². The van der Waals surface area contributed by atoms with E-state index in [0.29, 0.717) is 23.8 Å². The SMILES string of the molecule is COC(=O)CCC(=O)N1CCC(Nc2cc(-c3ccccc3Cl)nc3c(Br)cnn23)CC1. The minimum Gasteiger partial charge on any atom is -0.469 e. The van der Waals surface area contributed by atoms with Gasteiger partial charge in [0.25, 0.3) is 0 Å². The highest BCUT2D eigenvalue weighted by Gasteiger charge is 2.24. The Hall–Kier alpha value is -2.65. The van der Waals surface area contributed by atoms with Crippen molar-refractivity contribution in [2.75, 3.05) is 25.5 Å². The molecule has 1 N–H and O–H groups in total. The van der Waals surface area contributed by atoms with Crippen LogP contribution in [0, 0.1) is 0 Å². The standard InChI is InChI=1S/C22H23BrClN5O3/c1-32-21(31)7-6-20(30)28-10-8-14(9-11-28)26-19-12-18(15-4-2-3-5-17(15)24)27-22-16(23)13-25-29(19)22/h2-5,12-14,26H,6-11H2,1H3. The van der Waals surface area contributed by atoms with Crippen LogP contribution in [0.1, 0.15) is 25.7 Å². The lowest BCUT2D eigenvalue weighted by atomic mass is 10.0. The molecule has 0 spiro atoms. The number of amides is 1. The van der Waals surface area contributed by atoms with E-state index in [1.54, 1.807) is 10.7 Å². The van der Waals surface area contributed by atoms with Gasteiger partial charge < -0.3 is 15.0 Å². The summed E-state index contributed by atoms with van der Waals surface area (Å²) in [6.45, 7) is 1.26. The van der Waals surface area contributed by atoms with Crippen LogP contribution in [0.2, 0.25) is 5.02 Å². The number of nitrogens with one attached hydrogen (secondary N) is 1. The molecule has 1 aromatic carbocycles. The van der Waals surface area contributed by atoms with Gasteiger partial charge in [-0.1, -0.05) is 29.8 Å². The summed E-state index contributed by atoms with van der Waals surface area (Å²) in [5.41, 5.74) is 2.29. The summed E-state index contributed by atoms with van der Waals surface area (Å²) in [6, 6.07) is 9.72. The van der Waals surface area contributed by atoms with Crippen LogP contribution in [-0.4, -0.2) is 57.6 Å². The number of ether oxygens (including phenoxy) is 1. The number of halogens is 2. The predicted molar refractivity (Wildman–Crippen MR) is 126 cm³/mol. The van der Waals surface area contributed by atoms with Crippen molar-refractivity contribution in [3.05, 3.63) is 46.0 Å². The van der Waals surface area contributed by atoms with E-state index < -0.39 is 0 Å². The summed E-state index contributed by atoms with van der Waals surface area (Å²) in [5, 5.41) is 8.64. The highest BCUT2D eigenvalue weighted by atomic mass is 79.9. The van der Waals surface area contributed by atoms with Gasteiger partial charge in [0.05, 0.1) is 29.9 Å². The molecule has 0 aliphatic carbocycles. The summed E-state index contributed by atoms with van der Waals surface area (Å²) in [4.78, 5) is 30.2. The number of rotatable bonds is 6. The number of nitrogens with zero attached hydrogens (tertiary/aromatic N) is 4. The fraction of sp³-hybridized carbons (Fsp3) is 0.364. The molecule has 1 saturated heterocycles. The maximum absolute atomic E-state index is 12.4. The topological polar surface area (TPSA) is 88.8 Å². The van der Waals surface area contributed by atoms with Crippen molar-refractivity contribution in [1.82, 2.24) is 19.5 Å². The molecule has 1 aliphatic rings. The van der Waals surface area contributed by atoms with Crippen LogP contribution in [0.3, 0.4) is 0 Å². The van der Waals surface area contributed by atoms with Crippen LogP contribution in [0.15, 0.2) is 41.0 Å². The smallest absolute Gasteiger partial charge is 0.306 e. The number of likely N-dealkylation sites (tertiary alicyclic amines) is 1. The fourth-order valence-electron chi connectivity index (χ4n) is 3.80. The Balaban J connectivity index is 1.49. The third-order valence-electron chi connectivity index (χ3n) is 5.55. The average molecular weight is 521 g/mol. The number of carbonyl (C=O) groups is 2. The summed E-state index contributed by atoms with van der Waals surface area (Å²) < 4.78 is 7.17. The number of hydrogen-bond acceptors (Lipinski definition) is 6. The van der Waals surface area contributed by atoms with Crippen molar-refractivity contribution >= 4 is 50.9 Å². The lowest BCUT2D eigenvalue weighted by molar-refractivity contribution is -0.143. The van der Waals surface area contributed by atoms with E-state index in [0.717, 1.165) is 34.4 Å². The zero-order valence-electron chi connectivity index (χ0n) is 17.6. The quantitative estimate of drug-likeness (QED) is 0.491. The van der Waals surface area contributed by atoms with Gasteiger partial charge in [-0.3, -0.25) is 9.59 Å². The molecule has 2 aromatic heterocycles. The maximum Gasteiger partial charge on any atom is 0.306 e. The van der Waals surface area contributed by atoms with Gasteiger partial charge in [0, 0.05) is 42.2 Å². The summed E-state index contributed by atoms with van der Waals surface area (Å²) in [7, 11) is 1.33. The molecular weight excluding hydrogens is 498 g/mol. The first-order valence-corrected chi connectivity index (χ1v) is 11.5. The van der Waals surface area contributed by atoms with Crippen molar-refractivity contribution in [2.45, 2.75) is 31.7 Å². The number of aromatic nitrogens is 3. The van der Waals surface area contributed by atoms with Gasteiger partial charge in [0.1, 0.15) is 5.82 Å². The number of carbonyl (C=O) groups excluding carboxylic acids is 2. The Morgan fingerprint density at radius 3 is 2.72 bits per heavy atom. The molecule has 0 atom stereocenters. The van der Waals surface area contributed by atoms with Gasteiger partial charge in [-0.2, -0.15) is 9.61 Å². The first-order chi connectivity index (χ1) is 15.5. The normalized spacial score (nSPS) is 14.5. The number of piperidine rings is 1. The zero-order valence-corrected chi connectivity index (χ0v) is 19.9. The summed E-state index contributed by atoms with van der Waals surface area (Å²) in [6.07, 6.45) is 3.58. The fourth-order valence-corrected chi connectivity index (χ4v) is 4.38. The van der Waals surface area contributed by atoms with Crippen molar-refractivity contribution in [3.8, 4) is 11.3 Å². The van der Waals surface area contributed by atoms with E-state index in [2.05, 4.69) is 31.1 Å². The molecule has 10 heteroatoms.